The third-order valence-corrected chi connectivity index (χ3v) is 3.22. The molecule has 2 aromatic carbocycles. The summed E-state index contributed by atoms with van der Waals surface area (Å²) >= 11 is 0. The summed E-state index contributed by atoms with van der Waals surface area (Å²) in [5, 5.41) is 13.5. The van der Waals surface area contributed by atoms with E-state index in [2.05, 4.69) is 5.32 Å². The smallest absolute Gasteiger partial charge is 0.326 e. The molecule has 104 valence electrons. The van der Waals surface area contributed by atoms with Gasteiger partial charge in [0.25, 0.3) is 5.91 Å². The highest BCUT2D eigenvalue weighted by Gasteiger charge is 2.20. The molecule has 2 aromatic rings. The highest BCUT2D eigenvalue weighted by Crippen LogP contribution is 2.18. The summed E-state index contributed by atoms with van der Waals surface area (Å²) in [6.45, 7) is 1.89. The van der Waals surface area contributed by atoms with Crippen molar-refractivity contribution in [1.82, 2.24) is 5.32 Å². The van der Waals surface area contributed by atoms with Gasteiger partial charge in [-0.2, -0.15) is 0 Å². The van der Waals surface area contributed by atoms with E-state index in [-0.39, 0.29) is 5.91 Å². The molecule has 4 nitrogen and oxygen atoms in total. The standard InChI is InChI=1S/C16H17NO3/c1-2-6-14(16(19)20)17-15(18)13-10-5-8-11-7-3-4-9-12(11)13/h3-5,7-10,14H,2,6H2,1H3,(H,17,18)(H,19,20)/t14-/m1/s1. The van der Waals surface area contributed by atoms with E-state index in [0.29, 0.717) is 18.4 Å². The fourth-order valence-corrected chi connectivity index (χ4v) is 2.21. The summed E-state index contributed by atoms with van der Waals surface area (Å²) in [6.07, 6.45) is 1.12. The lowest BCUT2D eigenvalue weighted by atomic mass is 10.0. The van der Waals surface area contributed by atoms with Crippen LogP contribution < -0.4 is 5.32 Å². The number of carboxylic acid groups (broad SMARTS) is 1. The fourth-order valence-electron chi connectivity index (χ4n) is 2.21. The van der Waals surface area contributed by atoms with Crippen LogP contribution in [0.4, 0.5) is 0 Å². The van der Waals surface area contributed by atoms with Crippen molar-refractivity contribution in [2.45, 2.75) is 25.8 Å². The lowest BCUT2D eigenvalue weighted by molar-refractivity contribution is -0.139. The second-order valence-corrected chi connectivity index (χ2v) is 4.68. The average Bonchev–Trinajstić information content (AvgIpc) is 2.46. The summed E-state index contributed by atoms with van der Waals surface area (Å²) in [5.41, 5.74) is 0.505. The van der Waals surface area contributed by atoms with Gasteiger partial charge in [-0.05, 0) is 23.3 Å². The zero-order chi connectivity index (χ0) is 14.5. The first-order valence-corrected chi connectivity index (χ1v) is 6.65. The van der Waals surface area contributed by atoms with Crippen LogP contribution in [0.5, 0.6) is 0 Å². The molecule has 1 amide bonds. The van der Waals surface area contributed by atoms with E-state index in [0.717, 1.165) is 10.8 Å². The van der Waals surface area contributed by atoms with Crippen molar-refractivity contribution in [2.24, 2.45) is 0 Å². The third kappa shape index (κ3) is 2.96. The zero-order valence-electron chi connectivity index (χ0n) is 11.3. The van der Waals surface area contributed by atoms with Crippen LogP contribution in [0.3, 0.4) is 0 Å². The monoisotopic (exact) mass is 271 g/mol. The Labute approximate surface area is 117 Å². The average molecular weight is 271 g/mol. The highest BCUT2D eigenvalue weighted by molar-refractivity contribution is 6.07. The van der Waals surface area contributed by atoms with Crippen molar-refractivity contribution < 1.29 is 14.7 Å². The maximum Gasteiger partial charge on any atom is 0.326 e. The molecule has 1 atom stereocenters. The van der Waals surface area contributed by atoms with Crippen LogP contribution in [-0.2, 0) is 4.79 Å². The minimum absolute atomic E-state index is 0.345. The van der Waals surface area contributed by atoms with E-state index in [1.165, 1.54) is 0 Å². The lowest BCUT2D eigenvalue weighted by Gasteiger charge is -2.14. The van der Waals surface area contributed by atoms with E-state index >= 15 is 0 Å². The molecule has 0 aliphatic heterocycles. The Morgan fingerprint density at radius 1 is 1.15 bits per heavy atom. The molecule has 0 saturated carbocycles. The first-order chi connectivity index (χ1) is 9.63. The molecule has 0 unspecified atom stereocenters. The second-order valence-electron chi connectivity index (χ2n) is 4.68. The maximum absolute atomic E-state index is 12.3. The van der Waals surface area contributed by atoms with E-state index in [1.807, 2.05) is 37.3 Å². The maximum atomic E-state index is 12.3. The molecule has 2 N–H and O–H groups in total. The number of carbonyl (C=O) groups is 2. The van der Waals surface area contributed by atoms with Crippen LogP contribution in [-0.4, -0.2) is 23.0 Å². The second kappa shape index (κ2) is 6.19. The molecule has 20 heavy (non-hydrogen) atoms. The van der Waals surface area contributed by atoms with Crippen LogP contribution in [0, 0.1) is 0 Å². The van der Waals surface area contributed by atoms with Crippen LogP contribution in [0.1, 0.15) is 30.1 Å². The number of amides is 1. The van der Waals surface area contributed by atoms with Crippen molar-refractivity contribution in [3.63, 3.8) is 0 Å². The summed E-state index contributed by atoms with van der Waals surface area (Å²) in [7, 11) is 0. The number of hydrogen-bond acceptors (Lipinski definition) is 2. The van der Waals surface area contributed by atoms with E-state index in [9.17, 15) is 9.59 Å². The quantitative estimate of drug-likeness (QED) is 0.878. The van der Waals surface area contributed by atoms with E-state index < -0.39 is 12.0 Å². The van der Waals surface area contributed by atoms with Gasteiger partial charge in [-0.1, -0.05) is 49.7 Å². The molecule has 0 heterocycles. The van der Waals surface area contributed by atoms with Crippen molar-refractivity contribution >= 4 is 22.6 Å². The summed E-state index contributed by atoms with van der Waals surface area (Å²) in [4.78, 5) is 23.4. The van der Waals surface area contributed by atoms with Gasteiger partial charge in [-0.15, -0.1) is 0 Å². The molecule has 0 saturated heterocycles. The number of nitrogens with one attached hydrogen (secondary N) is 1. The van der Waals surface area contributed by atoms with Crippen LogP contribution in [0.25, 0.3) is 10.8 Å². The molecule has 0 aromatic heterocycles. The molecule has 0 aliphatic rings. The Hall–Kier alpha value is -2.36. The number of carboxylic acids is 1. The Morgan fingerprint density at radius 3 is 2.55 bits per heavy atom. The predicted octanol–water partition coefficient (Wildman–Crippen LogP) is 2.82. The van der Waals surface area contributed by atoms with Crippen molar-refractivity contribution in [2.75, 3.05) is 0 Å². The first-order valence-electron chi connectivity index (χ1n) is 6.65. The minimum Gasteiger partial charge on any atom is -0.480 e. The number of aliphatic carboxylic acids is 1. The molecule has 0 aliphatic carbocycles. The largest absolute Gasteiger partial charge is 0.480 e. The summed E-state index contributed by atoms with van der Waals surface area (Å²) in [5.74, 6) is -1.34. The topological polar surface area (TPSA) is 66.4 Å². The van der Waals surface area contributed by atoms with Gasteiger partial charge in [0.2, 0.25) is 0 Å². The minimum atomic E-state index is -1.000. The molecule has 2 rings (SSSR count). The molecule has 0 fully saturated rings. The van der Waals surface area contributed by atoms with Gasteiger partial charge in [0, 0.05) is 5.56 Å². The van der Waals surface area contributed by atoms with Crippen molar-refractivity contribution in [3.05, 3.63) is 48.0 Å². The number of carbonyl (C=O) groups excluding carboxylic acids is 1. The number of hydrogen-bond donors (Lipinski definition) is 2. The van der Waals surface area contributed by atoms with Crippen LogP contribution >= 0.6 is 0 Å². The Morgan fingerprint density at radius 2 is 1.85 bits per heavy atom. The summed E-state index contributed by atoms with van der Waals surface area (Å²) < 4.78 is 0. The molecule has 0 spiro atoms. The zero-order valence-corrected chi connectivity index (χ0v) is 11.3. The number of rotatable bonds is 5. The van der Waals surface area contributed by atoms with Gasteiger partial charge in [-0.3, -0.25) is 4.79 Å². The highest BCUT2D eigenvalue weighted by atomic mass is 16.4. The van der Waals surface area contributed by atoms with Crippen LogP contribution in [0.2, 0.25) is 0 Å². The van der Waals surface area contributed by atoms with Gasteiger partial charge in [0.15, 0.2) is 0 Å². The predicted molar refractivity (Wildman–Crippen MR) is 77.7 cm³/mol. The molecular weight excluding hydrogens is 254 g/mol. The third-order valence-electron chi connectivity index (χ3n) is 3.22. The summed E-state index contributed by atoms with van der Waals surface area (Å²) in [6, 6.07) is 12.1. The van der Waals surface area contributed by atoms with Gasteiger partial charge >= 0.3 is 5.97 Å². The Bertz CT molecular complexity index is 631. The number of benzene rings is 2. The van der Waals surface area contributed by atoms with Crippen molar-refractivity contribution in [1.29, 1.82) is 0 Å². The lowest BCUT2D eigenvalue weighted by Crippen LogP contribution is -2.40. The van der Waals surface area contributed by atoms with Gasteiger partial charge in [0.1, 0.15) is 6.04 Å². The Kier molecular flexibility index (Phi) is 4.35. The van der Waals surface area contributed by atoms with E-state index in [4.69, 9.17) is 5.11 Å². The van der Waals surface area contributed by atoms with Gasteiger partial charge in [0.05, 0.1) is 0 Å². The fraction of sp³-hybridized carbons (Fsp3) is 0.250. The number of fused-ring (bicyclic) bond motifs is 1. The normalized spacial score (nSPS) is 12.1. The molecule has 0 bridgehead atoms. The molecular formula is C16H17NO3. The molecule has 0 radical (unpaired) electrons. The van der Waals surface area contributed by atoms with Crippen LogP contribution in [0.15, 0.2) is 42.5 Å². The molecule has 4 heteroatoms. The van der Waals surface area contributed by atoms with Crippen molar-refractivity contribution in [3.8, 4) is 0 Å². The first kappa shape index (κ1) is 14.1. The van der Waals surface area contributed by atoms with E-state index in [1.54, 1.807) is 12.1 Å². The SMILES string of the molecule is CCC[C@@H](NC(=O)c1cccc2ccccc12)C(=O)O. The van der Waals surface area contributed by atoms with Gasteiger partial charge in [-0.25, -0.2) is 4.79 Å². The van der Waals surface area contributed by atoms with Gasteiger partial charge < -0.3 is 10.4 Å². The Balaban J connectivity index is 2.29.